The molecule has 1 saturated carbocycles. The van der Waals surface area contributed by atoms with E-state index in [0.717, 1.165) is 31.8 Å². The predicted octanol–water partition coefficient (Wildman–Crippen LogP) is 2.60. The summed E-state index contributed by atoms with van der Waals surface area (Å²) in [7, 11) is 0. The lowest BCUT2D eigenvalue weighted by Crippen LogP contribution is -2.53. The molecule has 3 nitrogen and oxygen atoms in total. The van der Waals surface area contributed by atoms with Crippen LogP contribution in [0.25, 0.3) is 0 Å². The first-order valence-corrected chi connectivity index (χ1v) is 6.74. The second-order valence-corrected chi connectivity index (χ2v) is 5.40. The van der Waals surface area contributed by atoms with E-state index in [-0.39, 0.29) is 5.60 Å². The van der Waals surface area contributed by atoms with Crippen molar-refractivity contribution >= 4 is 0 Å². The number of hydrazine groups is 1. The molecule has 0 bridgehead atoms. The van der Waals surface area contributed by atoms with E-state index in [2.05, 4.69) is 26.2 Å². The minimum Gasteiger partial charge on any atom is -0.374 e. The SMILES string of the molecule is CCOC1(C(CCC(C)C)NN)CCCC1. The van der Waals surface area contributed by atoms with Gasteiger partial charge in [-0.2, -0.15) is 0 Å². The number of hydrogen-bond acceptors (Lipinski definition) is 3. The van der Waals surface area contributed by atoms with Crippen molar-refractivity contribution in [2.24, 2.45) is 11.8 Å². The fourth-order valence-corrected chi connectivity index (χ4v) is 2.85. The second kappa shape index (κ2) is 6.58. The highest BCUT2D eigenvalue weighted by Crippen LogP contribution is 2.37. The van der Waals surface area contributed by atoms with Crippen molar-refractivity contribution in [1.82, 2.24) is 5.43 Å². The largest absolute Gasteiger partial charge is 0.374 e. The molecule has 0 aromatic carbocycles. The van der Waals surface area contributed by atoms with Crippen molar-refractivity contribution in [3.05, 3.63) is 0 Å². The summed E-state index contributed by atoms with van der Waals surface area (Å²) in [4.78, 5) is 0. The van der Waals surface area contributed by atoms with Crippen LogP contribution in [0.2, 0.25) is 0 Å². The van der Waals surface area contributed by atoms with Crippen LogP contribution in [-0.4, -0.2) is 18.2 Å². The topological polar surface area (TPSA) is 47.3 Å². The first kappa shape index (κ1) is 13.9. The third-order valence-electron chi connectivity index (χ3n) is 3.75. The van der Waals surface area contributed by atoms with Crippen molar-refractivity contribution in [1.29, 1.82) is 0 Å². The van der Waals surface area contributed by atoms with Crippen LogP contribution in [0.15, 0.2) is 0 Å². The van der Waals surface area contributed by atoms with E-state index in [1.807, 2.05) is 0 Å². The molecular weight excluding hydrogens is 200 g/mol. The van der Waals surface area contributed by atoms with Crippen molar-refractivity contribution in [2.75, 3.05) is 6.61 Å². The Hall–Kier alpha value is -0.120. The van der Waals surface area contributed by atoms with Crippen molar-refractivity contribution in [3.63, 3.8) is 0 Å². The van der Waals surface area contributed by atoms with Crippen LogP contribution in [0.1, 0.15) is 59.3 Å². The molecule has 96 valence electrons. The molecule has 1 atom stereocenters. The number of hydrogen-bond donors (Lipinski definition) is 2. The Morgan fingerprint density at radius 3 is 2.31 bits per heavy atom. The molecular formula is C13H28N2O. The Labute approximate surface area is 100 Å². The summed E-state index contributed by atoms with van der Waals surface area (Å²) < 4.78 is 6.03. The van der Waals surface area contributed by atoms with Gasteiger partial charge in [-0.1, -0.05) is 26.7 Å². The van der Waals surface area contributed by atoms with Crippen molar-refractivity contribution < 1.29 is 4.74 Å². The Kier molecular flexibility index (Phi) is 5.73. The first-order chi connectivity index (χ1) is 7.64. The Morgan fingerprint density at radius 1 is 1.25 bits per heavy atom. The Bertz CT molecular complexity index is 188. The van der Waals surface area contributed by atoms with E-state index >= 15 is 0 Å². The smallest absolute Gasteiger partial charge is 0.0848 e. The van der Waals surface area contributed by atoms with Crippen LogP contribution in [0.4, 0.5) is 0 Å². The van der Waals surface area contributed by atoms with Gasteiger partial charge in [-0.15, -0.1) is 0 Å². The maximum absolute atomic E-state index is 6.03. The zero-order chi connectivity index (χ0) is 12.0. The summed E-state index contributed by atoms with van der Waals surface area (Å²) in [6.07, 6.45) is 7.21. The summed E-state index contributed by atoms with van der Waals surface area (Å²) in [6.45, 7) is 7.39. The predicted molar refractivity (Wildman–Crippen MR) is 68.0 cm³/mol. The monoisotopic (exact) mass is 228 g/mol. The third-order valence-corrected chi connectivity index (χ3v) is 3.75. The van der Waals surface area contributed by atoms with Crippen LogP contribution < -0.4 is 11.3 Å². The maximum Gasteiger partial charge on any atom is 0.0848 e. The van der Waals surface area contributed by atoms with E-state index in [1.165, 1.54) is 19.3 Å². The van der Waals surface area contributed by atoms with Crippen LogP contribution in [-0.2, 0) is 4.74 Å². The molecule has 0 amide bonds. The van der Waals surface area contributed by atoms with Gasteiger partial charge < -0.3 is 4.74 Å². The lowest BCUT2D eigenvalue weighted by atomic mass is 9.87. The zero-order valence-corrected chi connectivity index (χ0v) is 11.1. The average Bonchev–Trinajstić information content (AvgIpc) is 2.68. The third kappa shape index (κ3) is 3.44. The molecule has 0 aliphatic heterocycles. The van der Waals surface area contributed by atoms with Gasteiger partial charge in [-0.25, -0.2) is 0 Å². The summed E-state index contributed by atoms with van der Waals surface area (Å²) in [6, 6.07) is 0.317. The minimum absolute atomic E-state index is 0.0123. The fraction of sp³-hybridized carbons (Fsp3) is 1.00. The van der Waals surface area contributed by atoms with Gasteiger partial charge in [0.05, 0.1) is 11.6 Å². The quantitative estimate of drug-likeness (QED) is 0.520. The maximum atomic E-state index is 6.03. The summed E-state index contributed by atoms with van der Waals surface area (Å²) in [5, 5.41) is 0. The highest BCUT2D eigenvalue weighted by Gasteiger charge is 2.41. The van der Waals surface area contributed by atoms with E-state index in [9.17, 15) is 0 Å². The Balaban J connectivity index is 2.58. The van der Waals surface area contributed by atoms with Gasteiger partial charge in [-0.3, -0.25) is 11.3 Å². The lowest BCUT2D eigenvalue weighted by molar-refractivity contribution is -0.0641. The van der Waals surface area contributed by atoms with Crippen molar-refractivity contribution in [2.45, 2.75) is 70.9 Å². The zero-order valence-electron chi connectivity index (χ0n) is 11.1. The highest BCUT2D eigenvalue weighted by atomic mass is 16.5. The van der Waals surface area contributed by atoms with E-state index < -0.39 is 0 Å². The van der Waals surface area contributed by atoms with Gasteiger partial charge in [-0.05, 0) is 38.5 Å². The molecule has 1 rings (SSSR count). The van der Waals surface area contributed by atoms with Gasteiger partial charge in [0.25, 0.3) is 0 Å². The van der Waals surface area contributed by atoms with Crippen LogP contribution in [0.3, 0.4) is 0 Å². The number of rotatable bonds is 7. The second-order valence-electron chi connectivity index (χ2n) is 5.40. The van der Waals surface area contributed by atoms with Gasteiger partial charge >= 0.3 is 0 Å². The molecule has 0 aromatic heterocycles. The van der Waals surface area contributed by atoms with Gasteiger partial charge in [0, 0.05) is 6.61 Å². The molecule has 3 N–H and O–H groups in total. The van der Waals surface area contributed by atoms with Crippen LogP contribution in [0.5, 0.6) is 0 Å². The standard InChI is InChI=1S/C13H28N2O/c1-4-16-13(9-5-6-10-13)12(15-14)8-7-11(2)3/h11-12,15H,4-10,14H2,1-3H3. The molecule has 1 aliphatic rings. The highest BCUT2D eigenvalue weighted by molar-refractivity contribution is 4.96. The van der Waals surface area contributed by atoms with Gasteiger partial charge in [0.15, 0.2) is 0 Å². The lowest BCUT2D eigenvalue weighted by Gasteiger charge is -2.37. The Morgan fingerprint density at radius 2 is 1.88 bits per heavy atom. The van der Waals surface area contributed by atoms with E-state index in [1.54, 1.807) is 0 Å². The first-order valence-electron chi connectivity index (χ1n) is 6.74. The molecule has 0 radical (unpaired) electrons. The normalized spacial score (nSPS) is 21.6. The number of ether oxygens (including phenoxy) is 1. The minimum atomic E-state index is 0.0123. The molecule has 3 heteroatoms. The molecule has 0 heterocycles. The molecule has 1 aliphatic carbocycles. The van der Waals surface area contributed by atoms with E-state index in [4.69, 9.17) is 10.6 Å². The van der Waals surface area contributed by atoms with Crippen molar-refractivity contribution in [3.8, 4) is 0 Å². The molecule has 1 unspecified atom stereocenters. The fourth-order valence-electron chi connectivity index (χ4n) is 2.85. The summed E-state index contributed by atoms with van der Waals surface area (Å²) >= 11 is 0. The van der Waals surface area contributed by atoms with Crippen LogP contribution >= 0.6 is 0 Å². The summed E-state index contributed by atoms with van der Waals surface area (Å²) in [5.41, 5.74) is 3.01. The molecule has 0 saturated heterocycles. The molecule has 1 fully saturated rings. The summed E-state index contributed by atoms with van der Waals surface area (Å²) in [5.74, 6) is 6.46. The number of nitrogens with one attached hydrogen (secondary N) is 1. The van der Waals surface area contributed by atoms with Crippen LogP contribution in [0, 0.1) is 5.92 Å². The molecule has 0 aromatic rings. The van der Waals surface area contributed by atoms with Gasteiger partial charge in [0.2, 0.25) is 0 Å². The molecule has 16 heavy (non-hydrogen) atoms. The average molecular weight is 228 g/mol. The number of nitrogens with two attached hydrogens (primary N) is 1. The van der Waals surface area contributed by atoms with Gasteiger partial charge in [0.1, 0.15) is 0 Å². The molecule has 0 spiro atoms. The van der Waals surface area contributed by atoms with E-state index in [0.29, 0.717) is 6.04 Å².